The second-order valence-electron chi connectivity index (χ2n) is 4.23. The summed E-state index contributed by atoms with van der Waals surface area (Å²) in [6.07, 6.45) is 4.58. The first-order valence-electron chi connectivity index (χ1n) is 5.32. The molecule has 0 spiro atoms. The molecule has 1 aromatic heterocycles. The predicted octanol–water partition coefficient (Wildman–Crippen LogP) is 1.53. The molecule has 3 heteroatoms. The maximum absolute atomic E-state index is 3.59. The summed E-state index contributed by atoms with van der Waals surface area (Å²) in [5, 5.41) is 3.59. The summed E-state index contributed by atoms with van der Waals surface area (Å²) in [4.78, 5) is 2.39. The summed E-state index contributed by atoms with van der Waals surface area (Å²) in [6.45, 7) is 2.42. The van der Waals surface area contributed by atoms with Crippen molar-refractivity contribution in [1.82, 2.24) is 9.47 Å². The Morgan fingerprint density at radius 1 is 1.29 bits per heavy atom. The van der Waals surface area contributed by atoms with Gasteiger partial charge in [-0.25, -0.2) is 0 Å². The van der Waals surface area contributed by atoms with E-state index in [1.165, 1.54) is 31.7 Å². The maximum atomic E-state index is 3.59. The molecule has 0 aliphatic carbocycles. The van der Waals surface area contributed by atoms with Crippen LogP contribution >= 0.6 is 0 Å². The van der Waals surface area contributed by atoms with E-state index in [-0.39, 0.29) is 0 Å². The number of aryl methyl sites for hydroxylation is 1. The molecule has 14 heavy (non-hydrogen) atoms. The van der Waals surface area contributed by atoms with Crippen LogP contribution in [0.5, 0.6) is 0 Å². The van der Waals surface area contributed by atoms with Crippen LogP contribution in [0.1, 0.15) is 12.8 Å². The highest BCUT2D eigenvalue weighted by molar-refractivity contribution is 5.37. The van der Waals surface area contributed by atoms with Crippen molar-refractivity contribution in [3.05, 3.63) is 18.3 Å². The van der Waals surface area contributed by atoms with Gasteiger partial charge in [-0.2, -0.15) is 0 Å². The van der Waals surface area contributed by atoms with Gasteiger partial charge in [0.2, 0.25) is 0 Å². The lowest BCUT2D eigenvalue weighted by molar-refractivity contribution is 0.263. The fraction of sp³-hybridized carbons (Fsp3) is 0.636. The molecule has 1 saturated heterocycles. The Kier molecular flexibility index (Phi) is 2.77. The van der Waals surface area contributed by atoms with E-state index in [1.54, 1.807) is 0 Å². The fourth-order valence-corrected chi connectivity index (χ4v) is 1.97. The molecule has 78 valence electrons. The number of anilines is 1. The average Bonchev–Trinajstić information content (AvgIpc) is 2.56. The number of likely N-dealkylation sites (tertiary alicyclic amines) is 1. The fourth-order valence-electron chi connectivity index (χ4n) is 1.97. The molecule has 0 bridgehead atoms. The van der Waals surface area contributed by atoms with Crippen LogP contribution in [-0.2, 0) is 7.05 Å². The van der Waals surface area contributed by atoms with Crippen LogP contribution in [0, 0.1) is 0 Å². The third kappa shape index (κ3) is 2.10. The van der Waals surface area contributed by atoms with Crippen molar-refractivity contribution in [2.45, 2.75) is 18.9 Å². The molecule has 0 aromatic carbocycles. The molecule has 1 aliphatic heterocycles. The molecule has 0 saturated carbocycles. The highest BCUT2D eigenvalue weighted by Gasteiger charge is 2.16. The van der Waals surface area contributed by atoms with Crippen molar-refractivity contribution < 1.29 is 0 Å². The molecule has 0 atom stereocenters. The summed E-state index contributed by atoms with van der Waals surface area (Å²) in [6, 6.07) is 4.87. The topological polar surface area (TPSA) is 20.2 Å². The zero-order valence-electron chi connectivity index (χ0n) is 9.03. The number of hydrogen-bond acceptors (Lipinski definition) is 2. The van der Waals surface area contributed by atoms with Crippen LogP contribution < -0.4 is 5.32 Å². The van der Waals surface area contributed by atoms with Crippen molar-refractivity contribution in [3.63, 3.8) is 0 Å². The van der Waals surface area contributed by atoms with Crippen LogP contribution in [-0.4, -0.2) is 35.6 Å². The van der Waals surface area contributed by atoms with Gasteiger partial charge in [0.05, 0.1) is 0 Å². The van der Waals surface area contributed by atoms with E-state index in [9.17, 15) is 0 Å². The Morgan fingerprint density at radius 2 is 2.00 bits per heavy atom. The van der Waals surface area contributed by atoms with Crippen molar-refractivity contribution >= 4 is 5.82 Å². The first kappa shape index (κ1) is 9.59. The van der Waals surface area contributed by atoms with Crippen LogP contribution in [0.2, 0.25) is 0 Å². The Morgan fingerprint density at radius 3 is 2.57 bits per heavy atom. The van der Waals surface area contributed by atoms with Crippen LogP contribution in [0.15, 0.2) is 18.3 Å². The maximum Gasteiger partial charge on any atom is 0.105 e. The van der Waals surface area contributed by atoms with Crippen molar-refractivity contribution in [3.8, 4) is 0 Å². The summed E-state index contributed by atoms with van der Waals surface area (Å²) in [5.41, 5.74) is 0. The average molecular weight is 193 g/mol. The van der Waals surface area contributed by atoms with Gasteiger partial charge < -0.3 is 14.8 Å². The Labute approximate surface area is 85.7 Å². The van der Waals surface area contributed by atoms with E-state index in [1.807, 2.05) is 0 Å². The Bertz CT molecular complexity index is 284. The van der Waals surface area contributed by atoms with E-state index in [0.717, 1.165) is 0 Å². The molecule has 1 N–H and O–H groups in total. The number of aromatic nitrogens is 1. The molecular weight excluding hydrogens is 174 g/mol. The minimum atomic E-state index is 0.653. The number of hydrogen-bond donors (Lipinski definition) is 1. The van der Waals surface area contributed by atoms with Crippen molar-refractivity contribution in [2.75, 3.05) is 25.5 Å². The minimum Gasteiger partial charge on any atom is -0.369 e. The van der Waals surface area contributed by atoms with Crippen LogP contribution in [0.25, 0.3) is 0 Å². The van der Waals surface area contributed by atoms with Crippen LogP contribution in [0.3, 0.4) is 0 Å². The van der Waals surface area contributed by atoms with E-state index < -0.39 is 0 Å². The normalized spacial score (nSPS) is 19.9. The molecule has 3 nitrogen and oxygen atoms in total. The summed E-state index contributed by atoms with van der Waals surface area (Å²) in [7, 11) is 4.27. The second-order valence-corrected chi connectivity index (χ2v) is 4.23. The smallest absolute Gasteiger partial charge is 0.105 e. The van der Waals surface area contributed by atoms with Crippen molar-refractivity contribution in [1.29, 1.82) is 0 Å². The first-order chi connectivity index (χ1) is 6.75. The first-order valence-corrected chi connectivity index (χ1v) is 5.32. The highest BCUT2D eigenvalue weighted by Crippen LogP contribution is 2.15. The lowest BCUT2D eigenvalue weighted by Gasteiger charge is -2.30. The molecule has 1 fully saturated rings. The quantitative estimate of drug-likeness (QED) is 0.768. The van der Waals surface area contributed by atoms with Gasteiger partial charge in [-0.15, -0.1) is 0 Å². The molecule has 0 radical (unpaired) electrons. The highest BCUT2D eigenvalue weighted by atomic mass is 15.1. The van der Waals surface area contributed by atoms with Gasteiger partial charge >= 0.3 is 0 Å². The molecule has 2 heterocycles. The van der Waals surface area contributed by atoms with Gasteiger partial charge in [0.15, 0.2) is 0 Å². The molecule has 2 rings (SSSR count). The van der Waals surface area contributed by atoms with Gasteiger partial charge in [0.25, 0.3) is 0 Å². The van der Waals surface area contributed by atoms with Crippen LogP contribution in [0.4, 0.5) is 5.82 Å². The second kappa shape index (κ2) is 4.05. The number of nitrogens with zero attached hydrogens (tertiary/aromatic N) is 2. The third-order valence-electron chi connectivity index (χ3n) is 3.01. The van der Waals surface area contributed by atoms with Gasteiger partial charge in [-0.3, -0.25) is 0 Å². The van der Waals surface area contributed by atoms with Crippen molar-refractivity contribution in [2.24, 2.45) is 7.05 Å². The lowest BCUT2D eigenvalue weighted by Crippen LogP contribution is -2.37. The predicted molar refractivity (Wildman–Crippen MR) is 59.6 cm³/mol. The lowest BCUT2D eigenvalue weighted by atomic mass is 10.1. The standard InChI is InChI=1S/C11H19N3/c1-13-8-5-10(6-9-13)12-11-4-3-7-14(11)2/h3-4,7,10,12H,5-6,8-9H2,1-2H3. The van der Waals surface area contributed by atoms with Gasteiger partial charge in [0, 0.05) is 19.3 Å². The Balaban J connectivity index is 1.89. The third-order valence-corrected chi connectivity index (χ3v) is 3.01. The molecule has 1 aromatic rings. The number of rotatable bonds is 2. The largest absolute Gasteiger partial charge is 0.369 e. The van der Waals surface area contributed by atoms with E-state index in [2.05, 4.69) is 47.2 Å². The van der Waals surface area contributed by atoms with Gasteiger partial charge in [-0.1, -0.05) is 0 Å². The SMILES string of the molecule is CN1CCC(Nc2cccn2C)CC1. The molecular formula is C11H19N3. The van der Waals surface area contributed by atoms with Gasteiger partial charge in [0.1, 0.15) is 5.82 Å². The summed E-state index contributed by atoms with van der Waals surface area (Å²) in [5.74, 6) is 1.24. The zero-order chi connectivity index (χ0) is 9.97. The molecule has 1 aliphatic rings. The zero-order valence-corrected chi connectivity index (χ0v) is 9.03. The number of nitrogens with one attached hydrogen (secondary N) is 1. The summed E-state index contributed by atoms with van der Waals surface area (Å²) >= 11 is 0. The van der Waals surface area contributed by atoms with E-state index >= 15 is 0 Å². The Hall–Kier alpha value is -0.960. The summed E-state index contributed by atoms with van der Waals surface area (Å²) < 4.78 is 2.14. The monoisotopic (exact) mass is 193 g/mol. The van der Waals surface area contributed by atoms with E-state index in [0.29, 0.717) is 6.04 Å². The minimum absolute atomic E-state index is 0.653. The molecule has 0 amide bonds. The van der Waals surface area contributed by atoms with Gasteiger partial charge in [-0.05, 0) is 45.1 Å². The number of piperidine rings is 1. The van der Waals surface area contributed by atoms with E-state index in [4.69, 9.17) is 0 Å². The molecule has 0 unspecified atom stereocenters.